The number of hydrogen-bond acceptors (Lipinski definition) is 4. The first kappa shape index (κ1) is 22.3. The van der Waals surface area contributed by atoms with Crippen LogP contribution in [0.15, 0.2) is 65.6 Å². The van der Waals surface area contributed by atoms with E-state index in [1.807, 2.05) is 44.2 Å². The number of nitrogens with zero attached hydrogens (tertiary/aromatic N) is 3. The third-order valence-electron chi connectivity index (χ3n) is 5.10. The van der Waals surface area contributed by atoms with Gasteiger partial charge in [-0.1, -0.05) is 47.5 Å². The zero-order chi connectivity index (χ0) is 23.5. The highest BCUT2D eigenvalue weighted by Crippen LogP contribution is 2.22. The van der Waals surface area contributed by atoms with Crippen molar-refractivity contribution in [2.75, 3.05) is 5.32 Å². The van der Waals surface area contributed by atoms with Crippen molar-refractivity contribution in [3.05, 3.63) is 98.6 Å². The number of carbonyl (C=O) groups is 2. The summed E-state index contributed by atoms with van der Waals surface area (Å²) in [7, 11) is 0. The molecule has 2 aromatic heterocycles. The first-order chi connectivity index (χ1) is 15.8. The first-order valence-electron chi connectivity index (χ1n) is 10.3. The number of aromatic nitrogens is 3. The fraction of sp³-hybridized carbons (Fsp3) is 0.167. The van der Waals surface area contributed by atoms with Gasteiger partial charge in [0.1, 0.15) is 6.54 Å². The van der Waals surface area contributed by atoms with Gasteiger partial charge >= 0.3 is 5.69 Å². The quantitative estimate of drug-likeness (QED) is 0.458. The second-order valence-electron chi connectivity index (χ2n) is 7.79. The first-order valence-corrected chi connectivity index (χ1v) is 10.7. The van der Waals surface area contributed by atoms with Crippen LogP contribution in [0.2, 0.25) is 5.02 Å². The van der Waals surface area contributed by atoms with Gasteiger partial charge in [0.2, 0.25) is 5.91 Å². The Labute approximate surface area is 194 Å². The molecule has 0 unspecified atom stereocenters. The maximum atomic E-state index is 12.7. The molecule has 4 rings (SSSR count). The van der Waals surface area contributed by atoms with Crippen molar-refractivity contribution in [2.45, 2.75) is 26.9 Å². The number of amides is 2. The van der Waals surface area contributed by atoms with E-state index in [9.17, 15) is 14.4 Å². The van der Waals surface area contributed by atoms with Gasteiger partial charge in [-0.15, -0.1) is 5.10 Å². The largest absolute Gasteiger partial charge is 0.350 e. The molecule has 2 heterocycles. The molecule has 33 heavy (non-hydrogen) atoms. The average Bonchev–Trinajstić information content (AvgIpc) is 3.09. The fourth-order valence-corrected chi connectivity index (χ4v) is 3.58. The van der Waals surface area contributed by atoms with E-state index >= 15 is 0 Å². The van der Waals surface area contributed by atoms with Gasteiger partial charge in [-0.05, 0) is 49.2 Å². The second kappa shape index (κ2) is 9.30. The molecule has 0 fully saturated rings. The molecular formula is C24H22ClN5O3. The number of anilines is 1. The van der Waals surface area contributed by atoms with Crippen molar-refractivity contribution >= 4 is 34.7 Å². The summed E-state index contributed by atoms with van der Waals surface area (Å²) in [6.07, 6.45) is 1.42. The number of rotatable bonds is 6. The van der Waals surface area contributed by atoms with Crippen LogP contribution in [0.25, 0.3) is 5.65 Å². The lowest BCUT2D eigenvalue weighted by Crippen LogP contribution is -2.28. The average molecular weight is 464 g/mol. The van der Waals surface area contributed by atoms with Gasteiger partial charge in [-0.3, -0.25) is 9.59 Å². The number of pyridine rings is 1. The number of nitrogens with one attached hydrogen (secondary N) is 2. The topological polar surface area (TPSA) is 97.5 Å². The summed E-state index contributed by atoms with van der Waals surface area (Å²) in [4.78, 5) is 37.7. The van der Waals surface area contributed by atoms with Gasteiger partial charge in [-0.25, -0.2) is 13.9 Å². The van der Waals surface area contributed by atoms with Crippen LogP contribution in [0.4, 0.5) is 5.69 Å². The van der Waals surface area contributed by atoms with Gasteiger partial charge in [-0.2, -0.15) is 0 Å². The summed E-state index contributed by atoms with van der Waals surface area (Å²) >= 11 is 6.15. The Morgan fingerprint density at radius 1 is 1.00 bits per heavy atom. The third-order valence-corrected chi connectivity index (χ3v) is 5.42. The van der Waals surface area contributed by atoms with Crippen LogP contribution in [0, 0.1) is 13.8 Å². The minimum atomic E-state index is -0.525. The summed E-state index contributed by atoms with van der Waals surface area (Å²) in [6, 6.07) is 16.3. The van der Waals surface area contributed by atoms with Crippen molar-refractivity contribution in [1.82, 2.24) is 19.5 Å². The van der Waals surface area contributed by atoms with Crippen molar-refractivity contribution in [1.29, 1.82) is 0 Å². The lowest BCUT2D eigenvalue weighted by Gasteiger charge is -2.07. The van der Waals surface area contributed by atoms with Crippen LogP contribution >= 0.6 is 11.6 Å². The lowest BCUT2D eigenvalue weighted by molar-refractivity contribution is -0.117. The fourth-order valence-electron chi connectivity index (χ4n) is 3.29. The van der Waals surface area contributed by atoms with E-state index in [4.69, 9.17) is 11.6 Å². The van der Waals surface area contributed by atoms with E-state index in [0.717, 1.165) is 21.4 Å². The molecule has 0 saturated heterocycles. The Balaban J connectivity index is 1.47. The smallest absolute Gasteiger partial charge is 0.348 e. The van der Waals surface area contributed by atoms with E-state index in [0.29, 0.717) is 28.5 Å². The SMILES string of the molecule is Cc1ccc(CNC(=O)c2ccc3nn(CC(=O)Nc4ccc(C)cc4Cl)c(=O)n3c2)cc1. The Hall–Kier alpha value is -3.91. The normalized spacial score (nSPS) is 10.9. The highest BCUT2D eigenvalue weighted by molar-refractivity contribution is 6.33. The molecule has 0 atom stereocenters. The van der Waals surface area contributed by atoms with E-state index in [1.165, 1.54) is 10.6 Å². The molecule has 2 aromatic carbocycles. The number of halogens is 1. The molecular weight excluding hydrogens is 442 g/mol. The zero-order valence-corrected chi connectivity index (χ0v) is 18.9. The van der Waals surface area contributed by atoms with Crippen molar-refractivity contribution in [3.63, 3.8) is 0 Å². The predicted molar refractivity (Wildman–Crippen MR) is 127 cm³/mol. The Morgan fingerprint density at radius 2 is 1.73 bits per heavy atom. The molecule has 0 aliphatic rings. The lowest BCUT2D eigenvalue weighted by atomic mass is 10.1. The summed E-state index contributed by atoms with van der Waals surface area (Å²) < 4.78 is 2.29. The molecule has 168 valence electrons. The van der Waals surface area contributed by atoms with E-state index in [-0.39, 0.29) is 12.5 Å². The standard InChI is InChI=1S/C24H22ClN5O3/c1-15-3-6-17(7-4-15)12-26-23(32)18-8-10-21-28-30(24(33)29(21)13-18)14-22(31)27-20-9-5-16(2)11-19(20)25/h3-11,13H,12,14H2,1-2H3,(H,26,32)(H,27,31). The molecule has 8 nitrogen and oxygen atoms in total. The summed E-state index contributed by atoms with van der Waals surface area (Å²) in [5, 5.41) is 10.1. The number of carbonyl (C=O) groups excluding carboxylic acids is 2. The van der Waals surface area contributed by atoms with Crippen LogP contribution in [-0.2, 0) is 17.9 Å². The number of fused-ring (bicyclic) bond motifs is 1. The molecule has 0 radical (unpaired) electrons. The van der Waals surface area contributed by atoms with E-state index in [2.05, 4.69) is 15.7 Å². The molecule has 4 aromatic rings. The van der Waals surface area contributed by atoms with Gasteiger partial charge in [0.25, 0.3) is 5.91 Å². The number of benzene rings is 2. The molecule has 2 amide bonds. The second-order valence-corrected chi connectivity index (χ2v) is 8.19. The van der Waals surface area contributed by atoms with Gasteiger partial charge in [0.05, 0.1) is 16.3 Å². The highest BCUT2D eigenvalue weighted by Gasteiger charge is 2.14. The van der Waals surface area contributed by atoms with Crippen LogP contribution < -0.4 is 16.3 Å². The minimum absolute atomic E-state index is 0.292. The molecule has 0 saturated carbocycles. The van der Waals surface area contributed by atoms with Gasteiger partial charge < -0.3 is 10.6 Å². The minimum Gasteiger partial charge on any atom is -0.348 e. The Kier molecular flexibility index (Phi) is 6.28. The number of hydrogen-bond donors (Lipinski definition) is 2. The summed E-state index contributed by atoms with van der Waals surface area (Å²) in [5.41, 5.74) is 3.65. The predicted octanol–water partition coefficient (Wildman–Crippen LogP) is 3.33. The third kappa shape index (κ3) is 5.12. The van der Waals surface area contributed by atoms with Crippen LogP contribution in [0.3, 0.4) is 0 Å². The van der Waals surface area contributed by atoms with E-state index < -0.39 is 11.6 Å². The maximum Gasteiger partial charge on any atom is 0.350 e. The van der Waals surface area contributed by atoms with Crippen molar-refractivity contribution in [3.8, 4) is 0 Å². The molecule has 0 aliphatic heterocycles. The zero-order valence-electron chi connectivity index (χ0n) is 18.1. The van der Waals surface area contributed by atoms with Crippen LogP contribution in [0.5, 0.6) is 0 Å². The van der Waals surface area contributed by atoms with Crippen molar-refractivity contribution in [2.24, 2.45) is 0 Å². The Bertz CT molecular complexity index is 1410. The molecule has 0 spiro atoms. The van der Waals surface area contributed by atoms with Crippen LogP contribution in [0.1, 0.15) is 27.0 Å². The number of aryl methyl sites for hydroxylation is 2. The Morgan fingerprint density at radius 3 is 2.45 bits per heavy atom. The molecule has 2 N–H and O–H groups in total. The molecule has 0 aliphatic carbocycles. The van der Waals surface area contributed by atoms with Crippen LogP contribution in [-0.4, -0.2) is 26.0 Å². The van der Waals surface area contributed by atoms with Gasteiger partial charge in [0, 0.05) is 12.7 Å². The molecule has 9 heteroatoms. The van der Waals surface area contributed by atoms with Crippen molar-refractivity contribution < 1.29 is 9.59 Å². The maximum absolute atomic E-state index is 12.7. The van der Waals surface area contributed by atoms with E-state index in [1.54, 1.807) is 24.3 Å². The monoisotopic (exact) mass is 463 g/mol. The summed E-state index contributed by atoms with van der Waals surface area (Å²) in [5.74, 6) is -0.758. The summed E-state index contributed by atoms with van der Waals surface area (Å²) in [6.45, 7) is 3.97. The highest BCUT2D eigenvalue weighted by atomic mass is 35.5. The molecule has 0 bridgehead atoms. The van der Waals surface area contributed by atoms with Gasteiger partial charge in [0.15, 0.2) is 5.65 Å².